The first kappa shape index (κ1) is 21.6. The molecule has 5 rings (SSSR count). The first-order valence-electron chi connectivity index (χ1n) is 10.4. The molecular formula is C24H20ClFN4O2S. The quantitative estimate of drug-likeness (QED) is 0.366. The van der Waals surface area contributed by atoms with Gasteiger partial charge in [-0.15, -0.1) is 11.3 Å². The Morgan fingerprint density at radius 1 is 1.21 bits per heavy atom. The van der Waals surface area contributed by atoms with E-state index in [0.717, 1.165) is 39.2 Å². The minimum absolute atomic E-state index is 0.00301. The van der Waals surface area contributed by atoms with Gasteiger partial charge in [0.05, 0.1) is 17.5 Å². The molecule has 2 N–H and O–H groups in total. The zero-order valence-electron chi connectivity index (χ0n) is 17.7. The number of aryl methyl sites for hydroxylation is 1. The van der Waals surface area contributed by atoms with E-state index in [1.54, 1.807) is 30.6 Å². The van der Waals surface area contributed by atoms with E-state index in [1.165, 1.54) is 18.5 Å². The molecule has 6 nitrogen and oxygen atoms in total. The second-order valence-electron chi connectivity index (χ2n) is 7.82. The normalized spacial score (nSPS) is 15.2. The lowest BCUT2D eigenvalue weighted by atomic mass is 9.87. The fourth-order valence-corrected chi connectivity index (χ4v) is 5.53. The minimum atomic E-state index is -0.471. The average Bonchev–Trinajstić information content (AvgIpc) is 3.20. The molecule has 0 bridgehead atoms. The molecule has 2 heterocycles. The number of nitrogens with one attached hydrogen (secondary N) is 2. The van der Waals surface area contributed by atoms with Crippen molar-refractivity contribution in [3.8, 4) is 5.75 Å². The second kappa shape index (κ2) is 8.96. The molecule has 0 fully saturated rings. The zero-order chi connectivity index (χ0) is 22.9. The average molecular weight is 483 g/mol. The van der Waals surface area contributed by atoms with Crippen molar-refractivity contribution in [2.75, 3.05) is 17.7 Å². The number of benzene rings is 2. The fraction of sp³-hybridized carbons (Fsp3) is 0.208. The Morgan fingerprint density at radius 2 is 2.09 bits per heavy atom. The fourth-order valence-electron chi connectivity index (χ4n) is 4.08. The molecule has 9 heteroatoms. The third kappa shape index (κ3) is 4.36. The van der Waals surface area contributed by atoms with E-state index < -0.39 is 5.82 Å². The van der Waals surface area contributed by atoms with Crippen molar-refractivity contribution >= 4 is 56.3 Å². The van der Waals surface area contributed by atoms with Gasteiger partial charge in [0.2, 0.25) is 5.91 Å². The molecule has 1 unspecified atom stereocenters. The largest absolute Gasteiger partial charge is 0.497 e. The van der Waals surface area contributed by atoms with Crippen molar-refractivity contribution < 1.29 is 13.9 Å². The molecule has 0 saturated heterocycles. The van der Waals surface area contributed by atoms with Gasteiger partial charge in [-0.1, -0.05) is 17.7 Å². The number of fused-ring (bicyclic) bond motifs is 3. The van der Waals surface area contributed by atoms with Crippen LogP contribution in [0, 0.1) is 11.7 Å². The molecule has 1 aliphatic rings. The number of ether oxygens (including phenoxy) is 1. The summed E-state index contributed by atoms with van der Waals surface area (Å²) in [5.41, 5.74) is 2.53. The van der Waals surface area contributed by atoms with Crippen LogP contribution in [0.3, 0.4) is 0 Å². The number of hydrogen-bond acceptors (Lipinski definition) is 6. The standard InChI is InChI=1S/C24H20ClFN4O2S/c1-32-16-4-2-3-14(10-16)30-23(31)13-5-7-17-20(9-13)33-24-21(17)22(27-12-28-24)29-15-6-8-19(26)18(25)11-15/h2-4,6,8,10-13H,5,7,9H2,1H3,(H,30,31)(H,27,28,29). The van der Waals surface area contributed by atoms with Crippen molar-refractivity contribution in [2.24, 2.45) is 5.92 Å². The molecule has 2 aromatic heterocycles. The summed E-state index contributed by atoms with van der Waals surface area (Å²) in [4.78, 5) is 23.8. The van der Waals surface area contributed by atoms with Crippen molar-refractivity contribution in [3.05, 3.63) is 70.1 Å². The molecule has 0 saturated carbocycles. The number of carbonyl (C=O) groups excluding carboxylic acids is 1. The van der Waals surface area contributed by atoms with Gasteiger partial charge in [0.15, 0.2) is 0 Å². The van der Waals surface area contributed by atoms with E-state index in [-0.39, 0.29) is 16.8 Å². The van der Waals surface area contributed by atoms with Crippen LogP contribution < -0.4 is 15.4 Å². The van der Waals surface area contributed by atoms with Crippen LogP contribution in [0.4, 0.5) is 21.6 Å². The van der Waals surface area contributed by atoms with Crippen molar-refractivity contribution in [1.29, 1.82) is 0 Å². The molecule has 1 amide bonds. The molecule has 0 spiro atoms. The number of hydrogen-bond donors (Lipinski definition) is 2. The van der Waals surface area contributed by atoms with Crippen LogP contribution in [0.5, 0.6) is 5.75 Å². The number of amides is 1. The predicted octanol–water partition coefficient (Wildman–Crippen LogP) is 5.98. The van der Waals surface area contributed by atoms with E-state index in [4.69, 9.17) is 16.3 Å². The van der Waals surface area contributed by atoms with Gasteiger partial charge < -0.3 is 15.4 Å². The van der Waals surface area contributed by atoms with Crippen LogP contribution in [0.25, 0.3) is 10.2 Å². The second-order valence-corrected chi connectivity index (χ2v) is 9.31. The van der Waals surface area contributed by atoms with E-state index in [0.29, 0.717) is 23.7 Å². The Morgan fingerprint density at radius 3 is 2.91 bits per heavy atom. The highest BCUT2D eigenvalue weighted by Crippen LogP contribution is 2.40. The Labute approximate surface area is 198 Å². The predicted molar refractivity (Wildman–Crippen MR) is 129 cm³/mol. The van der Waals surface area contributed by atoms with E-state index in [2.05, 4.69) is 20.6 Å². The maximum atomic E-state index is 13.5. The SMILES string of the molecule is COc1cccc(NC(=O)C2CCc3c(sc4ncnc(Nc5ccc(F)c(Cl)c5)c34)C2)c1. The molecule has 33 heavy (non-hydrogen) atoms. The number of anilines is 3. The summed E-state index contributed by atoms with van der Waals surface area (Å²) in [7, 11) is 1.60. The van der Waals surface area contributed by atoms with E-state index in [1.807, 2.05) is 18.2 Å². The summed E-state index contributed by atoms with van der Waals surface area (Å²) in [5.74, 6) is 0.749. The van der Waals surface area contributed by atoms with E-state index >= 15 is 0 Å². The summed E-state index contributed by atoms with van der Waals surface area (Å²) in [6.45, 7) is 0. The molecule has 4 aromatic rings. The lowest BCUT2D eigenvalue weighted by molar-refractivity contribution is -0.120. The van der Waals surface area contributed by atoms with Crippen LogP contribution >= 0.6 is 22.9 Å². The third-order valence-electron chi connectivity index (χ3n) is 5.74. The first-order chi connectivity index (χ1) is 16.0. The highest BCUT2D eigenvalue weighted by atomic mass is 35.5. The zero-order valence-corrected chi connectivity index (χ0v) is 19.3. The molecule has 168 valence electrons. The molecule has 2 aromatic carbocycles. The number of halogens is 2. The summed E-state index contributed by atoms with van der Waals surface area (Å²) < 4.78 is 18.8. The lowest BCUT2D eigenvalue weighted by Crippen LogP contribution is -2.27. The van der Waals surface area contributed by atoms with Crippen LogP contribution in [-0.4, -0.2) is 23.0 Å². The Hall–Kier alpha value is -3.23. The maximum absolute atomic E-state index is 13.5. The highest BCUT2D eigenvalue weighted by Gasteiger charge is 2.29. The van der Waals surface area contributed by atoms with Crippen LogP contribution in [0.2, 0.25) is 5.02 Å². The molecular weight excluding hydrogens is 463 g/mol. The van der Waals surface area contributed by atoms with Crippen molar-refractivity contribution in [1.82, 2.24) is 9.97 Å². The van der Waals surface area contributed by atoms with Crippen molar-refractivity contribution in [2.45, 2.75) is 19.3 Å². The van der Waals surface area contributed by atoms with Crippen LogP contribution in [0.15, 0.2) is 48.8 Å². The Balaban J connectivity index is 1.38. The summed E-state index contributed by atoms with van der Waals surface area (Å²) in [5, 5.41) is 7.24. The lowest BCUT2D eigenvalue weighted by Gasteiger charge is -2.22. The summed E-state index contributed by atoms with van der Waals surface area (Å²) in [6.07, 6.45) is 3.63. The number of carbonyl (C=O) groups is 1. The van der Waals surface area contributed by atoms with Gasteiger partial charge in [0, 0.05) is 28.2 Å². The van der Waals surface area contributed by atoms with Crippen molar-refractivity contribution in [3.63, 3.8) is 0 Å². The Bertz CT molecular complexity index is 1360. The van der Waals surface area contributed by atoms with Crippen LogP contribution in [0.1, 0.15) is 16.9 Å². The number of thiophene rings is 1. The van der Waals surface area contributed by atoms with Gasteiger partial charge in [-0.05, 0) is 55.2 Å². The topological polar surface area (TPSA) is 76.1 Å². The van der Waals surface area contributed by atoms with E-state index in [9.17, 15) is 9.18 Å². The highest BCUT2D eigenvalue weighted by molar-refractivity contribution is 7.19. The number of rotatable bonds is 5. The molecule has 1 atom stereocenters. The smallest absolute Gasteiger partial charge is 0.227 e. The van der Waals surface area contributed by atoms with Crippen LogP contribution in [-0.2, 0) is 17.6 Å². The van der Waals surface area contributed by atoms with Gasteiger partial charge in [-0.2, -0.15) is 0 Å². The summed E-state index contributed by atoms with van der Waals surface area (Å²) >= 11 is 7.51. The number of nitrogens with zero attached hydrogens (tertiary/aromatic N) is 2. The van der Waals surface area contributed by atoms with Gasteiger partial charge >= 0.3 is 0 Å². The van der Waals surface area contributed by atoms with Gasteiger partial charge in [-0.3, -0.25) is 4.79 Å². The molecule has 1 aliphatic carbocycles. The number of methoxy groups -OCH3 is 1. The van der Waals surface area contributed by atoms with Gasteiger partial charge in [0.25, 0.3) is 0 Å². The Kier molecular flexibility index (Phi) is 5.86. The molecule has 0 aliphatic heterocycles. The first-order valence-corrected chi connectivity index (χ1v) is 11.6. The third-order valence-corrected chi connectivity index (χ3v) is 7.19. The maximum Gasteiger partial charge on any atom is 0.227 e. The number of aromatic nitrogens is 2. The molecule has 0 radical (unpaired) electrons. The minimum Gasteiger partial charge on any atom is -0.497 e. The monoisotopic (exact) mass is 482 g/mol. The van der Waals surface area contributed by atoms with Gasteiger partial charge in [0.1, 0.15) is 28.5 Å². The summed E-state index contributed by atoms with van der Waals surface area (Å²) in [6, 6.07) is 11.8. The van der Waals surface area contributed by atoms with Gasteiger partial charge in [-0.25, -0.2) is 14.4 Å².